The molecule has 0 amide bonds. The number of hydrogen-bond acceptors (Lipinski definition) is 0. The molecular formula is C148H168K-. The molecule has 0 spiro atoms. The van der Waals surface area contributed by atoms with E-state index >= 15 is 0 Å². The van der Waals surface area contributed by atoms with Crippen LogP contribution in [0.15, 0.2) is 485 Å². The SMILES string of the molecule is CC.CC.CC.CC.CC.CC.CC.CC.CC.CC.CC.CC.[CH3-].[CH3-].[K+].c1ccc(-c2ccccc2-c2ccccc2)cc1.c1ccc(C2(c3ccccc3)c3ccccc3-c3cc4c(cc32)-c2ccccc2C4)cc1.c1ccc2c(-c3cccc4ccccc34)cccc2c1.c1ccc2c(c1)Cc1c-2ccc2c1Cc1ccccc1-2.c1ccc2c(c1)Cc1c-2ccc2c1Cc1ccccc1-2.c1ccccc1.c1ccccc1. The summed E-state index contributed by atoms with van der Waals surface area (Å²) in [4.78, 5) is 0. The molecule has 0 unspecified atom stereocenters. The predicted molar refractivity (Wildman–Crippen MR) is 664 cm³/mol. The fraction of sp³-hybridized carbons (Fsp3) is 0.203. The second-order valence-corrected chi connectivity index (χ2v) is 32.1. The van der Waals surface area contributed by atoms with Crippen molar-refractivity contribution in [1.29, 1.82) is 0 Å². The van der Waals surface area contributed by atoms with E-state index in [4.69, 9.17) is 0 Å². The van der Waals surface area contributed by atoms with E-state index in [0.717, 1.165) is 32.1 Å². The summed E-state index contributed by atoms with van der Waals surface area (Å²) in [6, 6.07) is 173. The van der Waals surface area contributed by atoms with Crippen LogP contribution in [0, 0.1) is 14.9 Å². The summed E-state index contributed by atoms with van der Waals surface area (Å²) < 4.78 is 0. The van der Waals surface area contributed by atoms with Crippen LogP contribution >= 0.6 is 0 Å². The van der Waals surface area contributed by atoms with Crippen molar-refractivity contribution >= 4 is 21.5 Å². The Hall–Kier alpha value is -13.4. The van der Waals surface area contributed by atoms with Crippen molar-refractivity contribution in [3.8, 4) is 100 Å². The van der Waals surface area contributed by atoms with Gasteiger partial charge in [0.2, 0.25) is 0 Å². The van der Waals surface area contributed by atoms with Gasteiger partial charge in [-0.25, -0.2) is 0 Å². The fourth-order valence-corrected chi connectivity index (χ4v) is 19.7. The first-order chi connectivity index (χ1) is 72.6. The molecule has 6 aliphatic rings. The fourth-order valence-electron chi connectivity index (χ4n) is 19.7. The second-order valence-electron chi connectivity index (χ2n) is 32.1. The maximum Gasteiger partial charge on any atom is 1.00 e. The Balaban J connectivity index is 0.000000304. The molecule has 20 aromatic carbocycles. The molecule has 0 aliphatic heterocycles. The van der Waals surface area contributed by atoms with Crippen LogP contribution in [0.3, 0.4) is 0 Å². The molecule has 26 rings (SSSR count). The van der Waals surface area contributed by atoms with Crippen molar-refractivity contribution in [2.24, 2.45) is 0 Å². The molecule has 0 radical (unpaired) electrons. The monoisotopic (exact) mass is 1980 g/mol. The van der Waals surface area contributed by atoms with Gasteiger partial charge in [-0.1, -0.05) is 639 Å². The van der Waals surface area contributed by atoms with Crippen LogP contribution in [-0.4, -0.2) is 0 Å². The van der Waals surface area contributed by atoms with E-state index in [1.807, 2.05) is 239 Å². The van der Waals surface area contributed by atoms with Crippen LogP contribution in [-0.2, 0) is 37.5 Å². The Bertz CT molecular complexity index is 6570. The van der Waals surface area contributed by atoms with E-state index in [2.05, 4.69) is 413 Å². The Labute approximate surface area is 945 Å². The third-order valence-electron chi connectivity index (χ3n) is 25.2. The molecule has 0 fully saturated rings. The van der Waals surface area contributed by atoms with Crippen LogP contribution in [0.2, 0.25) is 0 Å². The predicted octanol–water partition coefficient (Wildman–Crippen LogP) is 41.6. The summed E-state index contributed by atoms with van der Waals surface area (Å²) in [7, 11) is 0. The van der Waals surface area contributed by atoms with Crippen molar-refractivity contribution < 1.29 is 51.4 Å². The van der Waals surface area contributed by atoms with Gasteiger partial charge >= 0.3 is 51.4 Å². The van der Waals surface area contributed by atoms with Gasteiger partial charge in [0.15, 0.2) is 0 Å². The van der Waals surface area contributed by atoms with Gasteiger partial charge in [-0.05, 0) is 244 Å². The van der Waals surface area contributed by atoms with Crippen LogP contribution in [0.25, 0.3) is 122 Å². The summed E-state index contributed by atoms with van der Waals surface area (Å²) >= 11 is 0. The average molecular weight is 1990 g/mol. The van der Waals surface area contributed by atoms with Gasteiger partial charge in [-0.15, -0.1) is 0 Å². The second kappa shape index (κ2) is 69.7. The van der Waals surface area contributed by atoms with Crippen molar-refractivity contribution in [3.63, 3.8) is 0 Å². The Morgan fingerprint density at radius 3 is 0.658 bits per heavy atom. The van der Waals surface area contributed by atoms with E-state index < -0.39 is 0 Å². The number of benzene rings is 20. The first-order valence-electron chi connectivity index (χ1n) is 54.8. The minimum absolute atomic E-state index is 0. The Morgan fingerprint density at radius 1 is 0.141 bits per heavy atom. The van der Waals surface area contributed by atoms with E-state index in [0.29, 0.717) is 0 Å². The maximum absolute atomic E-state index is 2.50. The van der Waals surface area contributed by atoms with E-state index in [9.17, 15) is 0 Å². The van der Waals surface area contributed by atoms with Gasteiger partial charge in [0.25, 0.3) is 0 Å². The van der Waals surface area contributed by atoms with Gasteiger partial charge < -0.3 is 14.9 Å². The van der Waals surface area contributed by atoms with Crippen molar-refractivity contribution in [2.75, 3.05) is 0 Å². The molecule has 0 bridgehead atoms. The van der Waals surface area contributed by atoms with Gasteiger partial charge in [0.1, 0.15) is 0 Å². The van der Waals surface area contributed by atoms with Crippen LogP contribution in [0.4, 0.5) is 0 Å². The standard InChI is InChI=1S/C32H22.3C20H14.C18H14.2C6H6.12C2H6.2CH3.K/c1-3-12-24(13-4-1)32(25-14-5-2-6-15-25)30-18-10-9-17-27(30)29-20-23-19-22-11-7-8-16-26(22)28(23)21-31(29)32;2*1-3-7-15-13(5-1)11-19-17(15)9-10-18-16-8-4-2-6-14(16)12-20(18)19;1-3-11-17-15(7-1)9-5-13-19(17)20-14-6-10-16-8-2-4-12-18(16)20;1-3-9-15(10-4-1)17-13-7-8-14-18(17)16-11-5-2-6-12-16;2*1-2-4-6-5-3-1;12*1-2;;;/h1-18,20-21H,19H2;2*1-10H,11-12H2;1-14H;1-14H;2*1-6H;12*1-2H3;2*1H3;/q;;;;;;;;;;;;;;;;;;;2*-1;+1. The zero-order valence-electron chi connectivity index (χ0n) is 95.2. The summed E-state index contributed by atoms with van der Waals surface area (Å²) in [6.07, 6.45) is 5.42. The minimum atomic E-state index is -0.318. The number of rotatable bonds is 5. The first kappa shape index (κ1) is 126. The zero-order chi connectivity index (χ0) is 105. The molecule has 6 aliphatic carbocycles. The molecular weight excluding hydrogens is 1820 g/mol. The van der Waals surface area contributed by atoms with Crippen molar-refractivity contribution in [2.45, 2.75) is 204 Å². The molecule has 0 saturated carbocycles. The van der Waals surface area contributed by atoms with Gasteiger partial charge in [0, 0.05) is 0 Å². The maximum atomic E-state index is 2.50. The molecule has 20 aromatic rings. The molecule has 762 valence electrons. The molecule has 149 heavy (non-hydrogen) atoms. The minimum Gasteiger partial charge on any atom is -0.358 e. The molecule has 0 aromatic heterocycles. The summed E-state index contributed by atoms with van der Waals surface area (Å²) in [5, 5.41) is 5.20. The summed E-state index contributed by atoms with van der Waals surface area (Å²) in [5.41, 5.74) is 44.8. The zero-order valence-corrected chi connectivity index (χ0v) is 98.3. The molecule has 0 N–H and O–H groups in total. The van der Waals surface area contributed by atoms with Crippen molar-refractivity contribution in [3.05, 3.63) is 578 Å². The number of hydrogen-bond donors (Lipinski definition) is 0. The van der Waals surface area contributed by atoms with E-state index in [-0.39, 0.29) is 71.7 Å². The molecule has 0 saturated heterocycles. The van der Waals surface area contributed by atoms with E-state index in [1.54, 1.807) is 22.3 Å². The van der Waals surface area contributed by atoms with Crippen LogP contribution in [0.1, 0.15) is 244 Å². The van der Waals surface area contributed by atoms with Crippen LogP contribution < -0.4 is 51.4 Å². The van der Waals surface area contributed by atoms with Gasteiger partial charge in [0.05, 0.1) is 5.41 Å². The average Bonchev–Trinajstić information content (AvgIpc) is 1.51. The molecule has 1 heteroatoms. The Morgan fingerprint density at radius 2 is 0.356 bits per heavy atom. The molecule has 0 nitrogen and oxygen atoms in total. The quantitative estimate of drug-likeness (QED) is 0.119. The van der Waals surface area contributed by atoms with E-state index in [1.165, 1.54) is 177 Å². The largest absolute Gasteiger partial charge is 1.00 e. The Kier molecular flexibility index (Phi) is 59.0. The summed E-state index contributed by atoms with van der Waals surface area (Å²) in [5.74, 6) is 0. The van der Waals surface area contributed by atoms with Gasteiger partial charge in [-0.3, -0.25) is 0 Å². The third-order valence-corrected chi connectivity index (χ3v) is 25.2. The third kappa shape index (κ3) is 30.3. The number of fused-ring (bicyclic) bond motifs is 22. The smallest absolute Gasteiger partial charge is 0.358 e. The topological polar surface area (TPSA) is 0 Å². The van der Waals surface area contributed by atoms with Crippen molar-refractivity contribution in [1.82, 2.24) is 0 Å². The molecule has 0 heterocycles. The normalized spacial score (nSPS) is 10.6. The summed E-state index contributed by atoms with van der Waals surface area (Å²) in [6.45, 7) is 48.0. The first-order valence-corrected chi connectivity index (χ1v) is 54.8. The van der Waals surface area contributed by atoms with Crippen LogP contribution in [0.5, 0.6) is 0 Å². The van der Waals surface area contributed by atoms with Gasteiger partial charge in [-0.2, -0.15) is 0 Å². The molecule has 0 atom stereocenters.